The zero-order valence-corrected chi connectivity index (χ0v) is 10.3. The molecule has 1 aromatic heterocycles. The zero-order chi connectivity index (χ0) is 12.8. The highest BCUT2D eigenvalue weighted by Crippen LogP contribution is 2.50. The largest absolute Gasteiger partial charge is 0.399 e. The number of imidazole rings is 1. The second-order valence-corrected chi connectivity index (χ2v) is 4.89. The van der Waals surface area contributed by atoms with Gasteiger partial charge in [-0.15, -0.1) is 0 Å². The summed E-state index contributed by atoms with van der Waals surface area (Å²) in [6.45, 7) is 0. The Kier molecular flexibility index (Phi) is 2.26. The number of carbonyl (C=O) groups excluding carboxylic acids is 1. The van der Waals surface area contributed by atoms with Crippen molar-refractivity contribution < 1.29 is 4.79 Å². The Bertz CT molecular complexity index is 594. The van der Waals surface area contributed by atoms with Gasteiger partial charge in [-0.2, -0.15) is 0 Å². The van der Waals surface area contributed by atoms with Gasteiger partial charge in [-0.3, -0.25) is 4.79 Å². The fourth-order valence-electron chi connectivity index (χ4n) is 2.37. The minimum atomic E-state index is -0.368. The normalized spacial score (nSPS) is 16.5. The molecule has 1 saturated carbocycles. The summed E-state index contributed by atoms with van der Waals surface area (Å²) in [5.41, 5.74) is 7.08. The Labute approximate surface area is 105 Å². The van der Waals surface area contributed by atoms with Gasteiger partial charge in [-0.1, -0.05) is 12.1 Å². The molecule has 2 N–H and O–H groups in total. The van der Waals surface area contributed by atoms with Crippen LogP contribution in [0.15, 0.2) is 36.7 Å². The van der Waals surface area contributed by atoms with Crippen LogP contribution >= 0.6 is 0 Å². The molecular formula is C14H15N3O. The van der Waals surface area contributed by atoms with E-state index in [2.05, 4.69) is 4.98 Å². The maximum atomic E-state index is 12.6. The number of rotatable bonds is 3. The maximum Gasteiger partial charge on any atom is 0.208 e. The molecule has 0 amide bonds. The molecule has 1 fully saturated rings. The fourth-order valence-corrected chi connectivity index (χ4v) is 2.37. The van der Waals surface area contributed by atoms with Crippen molar-refractivity contribution in [2.24, 2.45) is 7.05 Å². The third kappa shape index (κ3) is 1.53. The summed E-state index contributed by atoms with van der Waals surface area (Å²) in [5, 5.41) is 0. The van der Waals surface area contributed by atoms with Crippen molar-refractivity contribution in [3.8, 4) is 0 Å². The van der Waals surface area contributed by atoms with Crippen LogP contribution in [-0.4, -0.2) is 15.3 Å². The predicted octanol–water partition coefficient (Wildman–Crippen LogP) is 1.92. The lowest BCUT2D eigenvalue weighted by atomic mass is 9.90. The van der Waals surface area contributed by atoms with Crippen molar-refractivity contribution >= 4 is 11.5 Å². The average molecular weight is 241 g/mol. The van der Waals surface area contributed by atoms with Gasteiger partial charge in [-0.05, 0) is 30.5 Å². The molecule has 0 aliphatic heterocycles. The van der Waals surface area contributed by atoms with Gasteiger partial charge in [0.2, 0.25) is 5.78 Å². The highest BCUT2D eigenvalue weighted by Gasteiger charge is 2.52. The highest BCUT2D eigenvalue weighted by atomic mass is 16.1. The van der Waals surface area contributed by atoms with Crippen LogP contribution in [0.4, 0.5) is 5.69 Å². The monoisotopic (exact) mass is 241 g/mol. The van der Waals surface area contributed by atoms with Crippen molar-refractivity contribution in [2.45, 2.75) is 18.3 Å². The summed E-state index contributed by atoms with van der Waals surface area (Å²) in [6.07, 6.45) is 5.24. The lowest BCUT2D eigenvalue weighted by molar-refractivity contribution is 0.0932. The molecule has 1 aliphatic carbocycles. The van der Waals surface area contributed by atoms with E-state index in [1.165, 1.54) is 0 Å². The Morgan fingerprint density at radius 2 is 2.00 bits per heavy atom. The number of carbonyl (C=O) groups is 1. The van der Waals surface area contributed by atoms with E-state index in [1.54, 1.807) is 17.0 Å². The van der Waals surface area contributed by atoms with Gasteiger partial charge in [0.1, 0.15) is 0 Å². The van der Waals surface area contributed by atoms with E-state index in [0.717, 1.165) is 24.1 Å². The fraction of sp³-hybridized carbons (Fsp3) is 0.286. The summed E-state index contributed by atoms with van der Waals surface area (Å²) in [7, 11) is 1.85. The first kappa shape index (κ1) is 11.0. The van der Waals surface area contributed by atoms with Gasteiger partial charge >= 0.3 is 0 Å². The van der Waals surface area contributed by atoms with E-state index in [4.69, 9.17) is 5.73 Å². The lowest BCUT2D eigenvalue weighted by Gasteiger charge is -2.14. The van der Waals surface area contributed by atoms with Gasteiger partial charge in [0, 0.05) is 25.1 Å². The number of ketones is 1. The molecular weight excluding hydrogens is 226 g/mol. The third-order valence-corrected chi connectivity index (χ3v) is 3.67. The van der Waals surface area contributed by atoms with E-state index in [9.17, 15) is 4.79 Å². The molecule has 0 radical (unpaired) electrons. The molecule has 0 spiro atoms. The summed E-state index contributed by atoms with van der Waals surface area (Å²) in [5.74, 6) is 0.643. The van der Waals surface area contributed by atoms with E-state index >= 15 is 0 Å². The Hall–Kier alpha value is -2.10. The van der Waals surface area contributed by atoms with Gasteiger partial charge in [0.25, 0.3) is 0 Å². The quantitative estimate of drug-likeness (QED) is 0.659. The maximum absolute atomic E-state index is 12.6. The predicted molar refractivity (Wildman–Crippen MR) is 69.3 cm³/mol. The van der Waals surface area contributed by atoms with Crippen LogP contribution in [0.2, 0.25) is 0 Å². The van der Waals surface area contributed by atoms with Crippen LogP contribution in [0.3, 0.4) is 0 Å². The Morgan fingerprint density at radius 1 is 1.33 bits per heavy atom. The second kappa shape index (κ2) is 3.70. The highest BCUT2D eigenvalue weighted by molar-refractivity contribution is 6.03. The Morgan fingerprint density at radius 3 is 2.50 bits per heavy atom. The average Bonchev–Trinajstić information content (AvgIpc) is 3.07. The molecule has 0 atom stereocenters. The Balaban J connectivity index is 1.99. The number of benzene rings is 1. The van der Waals surface area contributed by atoms with Crippen molar-refractivity contribution in [2.75, 3.05) is 5.73 Å². The second-order valence-electron chi connectivity index (χ2n) is 4.89. The number of aromatic nitrogens is 2. The molecule has 2 aromatic rings. The van der Waals surface area contributed by atoms with Crippen LogP contribution in [-0.2, 0) is 12.5 Å². The van der Waals surface area contributed by atoms with Crippen molar-refractivity contribution in [1.29, 1.82) is 0 Å². The van der Waals surface area contributed by atoms with Gasteiger partial charge in [0.15, 0.2) is 5.82 Å². The minimum absolute atomic E-state index is 0.111. The van der Waals surface area contributed by atoms with E-state index < -0.39 is 0 Å². The van der Waals surface area contributed by atoms with E-state index in [0.29, 0.717) is 5.82 Å². The SMILES string of the molecule is Cn1ccnc1C(=O)C1(c2ccc(N)cc2)CC1. The summed E-state index contributed by atoms with van der Waals surface area (Å²) in [6, 6.07) is 7.59. The number of anilines is 1. The first-order valence-corrected chi connectivity index (χ1v) is 6.02. The van der Waals surface area contributed by atoms with Crippen LogP contribution in [0.5, 0.6) is 0 Å². The molecule has 1 aliphatic rings. The molecule has 3 rings (SSSR count). The summed E-state index contributed by atoms with van der Waals surface area (Å²) >= 11 is 0. The topological polar surface area (TPSA) is 60.9 Å². The molecule has 1 aromatic carbocycles. The minimum Gasteiger partial charge on any atom is -0.399 e. The van der Waals surface area contributed by atoms with Crippen molar-refractivity contribution in [1.82, 2.24) is 9.55 Å². The lowest BCUT2D eigenvalue weighted by Crippen LogP contribution is -2.23. The van der Waals surface area contributed by atoms with Crippen LogP contribution in [0.25, 0.3) is 0 Å². The smallest absolute Gasteiger partial charge is 0.208 e. The number of hydrogen-bond donors (Lipinski definition) is 1. The zero-order valence-electron chi connectivity index (χ0n) is 10.3. The number of nitrogen functional groups attached to an aromatic ring is 1. The van der Waals surface area contributed by atoms with Crippen LogP contribution in [0.1, 0.15) is 29.0 Å². The van der Waals surface area contributed by atoms with Gasteiger partial charge < -0.3 is 10.3 Å². The molecule has 4 nitrogen and oxygen atoms in total. The molecule has 4 heteroatoms. The van der Waals surface area contributed by atoms with E-state index in [1.807, 2.05) is 31.3 Å². The first-order valence-electron chi connectivity index (χ1n) is 6.02. The van der Waals surface area contributed by atoms with Crippen molar-refractivity contribution in [3.63, 3.8) is 0 Å². The molecule has 0 unspecified atom stereocenters. The molecule has 1 heterocycles. The number of nitrogens with two attached hydrogens (primary N) is 1. The third-order valence-electron chi connectivity index (χ3n) is 3.67. The molecule has 0 saturated heterocycles. The first-order chi connectivity index (χ1) is 8.63. The molecule has 18 heavy (non-hydrogen) atoms. The number of Topliss-reactive ketones (excluding diaryl/α,β-unsaturated/α-hetero) is 1. The molecule has 0 bridgehead atoms. The van der Waals surface area contributed by atoms with Gasteiger partial charge in [-0.25, -0.2) is 4.98 Å². The van der Waals surface area contributed by atoms with Crippen LogP contribution in [0, 0.1) is 0 Å². The van der Waals surface area contributed by atoms with Gasteiger partial charge in [0.05, 0.1) is 5.41 Å². The van der Waals surface area contributed by atoms with Crippen LogP contribution < -0.4 is 5.73 Å². The van der Waals surface area contributed by atoms with Crippen molar-refractivity contribution in [3.05, 3.63) is 48.0 Å². The standard InChI is InChI=1S/C14H15N3O/c1-17-9-8-16-13(17)12(18)14(6-7-14)10-2-4-11(15)5-3-10/h2-5,8-9H,6-7,15H2,1H3. The number of hydrogen-bond acceptors (Lipinski definition) is 3. The number of aryl methyl sites for hydroxylation is 1. The summed E-state index contributed by atoms with van der Waals surface area (Å²) < 4.78 is 1.78. The molecule has 92 valence electrons. The van der Waals surface area contributed by atoms with E-state index in [-0.39, 0.29) is 11.2 Å². The number of nitrogens with zero attached hydrogens (tertiary/aromatic N) is 2. The summed E-state index contributed by atoms with van der Waals surface area (Å²) in [4.78, 5) is 16.7.